The van der Waals surface area contributed by atoms with Crippen molar-refractivity contribution in [2.24, 2.45) is 0 Å². The van der Waals surface area contributed by atoms with Crippen molar-refractivity contribution in [1.29, 1.82) is 0 Å². The summed E-state index contributed by atoms with van der Waals surface area (Å²) in [5.74, 6) is 0.607. The van der Waals surface area contributed by atoms with E-state index in [0.717, 1.165) is 5.56 Å². The lowest BCUT2D eigenvalue weighted by molar-refractivity contribution is -0.113. The number of nitrogens with one attached hydrogen (secondary N) is 2. The van der Waals surface area contributed by atoms with Crippen molar-refractivity contribution in [3.8, 4) is 0 Å². The van der Waals surface area contributed by atoms with Crippen molar-refractivity contribution >= 4 is 85.5 Å². The monoisotopic (exact) mass is 548 g/mol. The van der Waals surface area contributed by atoms with Gasteiger partial charge in [-0.3, -0.25) is 9.52 Å². The second kappa shape index (κ2) is 11.0. The molecule has 32 heavy (non-hydrogen) atoms. The van der Waals surface area contributed by atoms with E-state index < -0.39 is 10.0 Å². The Labute approximate surface area is 210 Å². The van der Waals surface area contributed by atoms with Crippen LogP contribution in [-0.2, 0) is 20.6 Å². The number of hydrogen-bond acceptors (Lipinski definition) is 4. The lowest BCUT2D eigenvalue weighted by atomic mass is 10.2. The van der Waals surface area contributed by atoms with E-state index in [-0.39, 0.29) is 22.2 Å². The summed E-state index contributed by atoms with van der Waals surface area (Å²) in [6, 6.07) is 15.6. The van der Waals surface area contributed by atoms with Crippen LogP contribution in [0.25, 0.3) is 0 Å². The van der Waals surface area contributed by atoms with Crippen LogP contribution in [0.2, 0.25) is 20.1 Å². The standard InChI is InChI=1S/C21H16Cl4N2O3S2/c22-14-8-15(23)10-17(9-14)27-32(29,30)18-4-2-16(3-5-18)26-21(28)12-31-11-13-1-6-19(24)20(25)7-13/h1-10,27H,11-12H2,(H,26,28). The number of hydrogen-bond donors (Lipinski definition) is 2. The number of rotatable bonds is 8. The average Bonchev–Trinajstić information content (AvgIpc) is 2.70. The molecule has 0 aliphatic carbocycles. The van der Waals surface area contributed by atoms with Crippen molar-refractivity contribution in [2.45, 2.75) is 10.6 Å². The number of thioether (sulfide) groups is 1. The molecule has 0 saturated heterocycles. The Morgan fingerprint density at radius 1 is 0.812 bits per heavy atom. The van der Waals surface area contributed by atoms with Gasteiger partial charge in [0.15, 0.2) is 0 Å². The molecule has 3 aromatic rings. The first-order valence-electron chi connectivity index (χ1n) is 9.03. The number of sulfonamides is 1. The summed E-state index contributed by atoms with van der Waals surface area (Å²) in [5.41, 5.74) is 1.69. The van der Waals surface area contributed by atoms with E-state index in [4.69, 9.17) is 46.4 Å². The van der Waals surface area contributed by atoms with Crippen LogP contribution >= 0.6 is 58.2 Å². The van der Waals surface area contributed by atoms with Gasteiger partial charge in [-0.15, -0.1) is 11.8 Å². The van der Waals surface area contributed by atoms with Gasteiger partial charge >= 0.3 is 0 Å². The fourth-order valence-corrected chi connectivity index (χ4v) is 5.29. The molecule has 0 fully saturated rings. The molecule has 0 aromatic heterocycles. The van der Waals surface area contributed by atoms with Crippen molar-refractivity contribution in [2.75, 3.05) is 15.8 Å². The van der Waals surface area contributed by atoms with Gasteiger partial charge in [-0.05, 0) is 60.2 Å². The molecule has 0 saturated carbocycles. The molecule has 1 amide bonds. The maximum Gasteiger partial charge on any atom is 0.261 e. The zero-order valence-electron chi connectivity index (χ0n) is 16.2. The van der Waals surface area contributed by atoms with Crippen molar-refractivity contribution < 1.29 is 13.2 Å². The van der Waals surface area contributed by atoms with E-state index in [2.05, 4.69) is 10.0 Å². The summed E-state index contributed by atoms with van der Waals surface area (Å²) in [4.78, 5) is 12.2. The molecule has 5 nitrogen and oxygen atoms in total. The van der Waals surface area contributed by atoms with Gasteiger partial charge in [0.2, 0.25) is 5.91 Å². The van der Waals surface area contributed by atoms with Crippen LogP contribution in [-0.4, -0.2) is 20.1 Å². The average molecular weight is 550 g/mol. The normalized spacial score (nSPS) is 11.2. The highest BCUT2D eigenvalue weighted by molar-refractivity contribution is 7.99. The number of halogens is 4. The maximum atomic E-state index is 12.6. The summed E-state index contributed by atoms with van der Waals surface area (Å²) in [6.07, 6.45) is 0. The molecule has 0 bridgehead atoms. The molecule has 0 aliphatic heterocycles. The van der Waals surface area contributed by atoms with Gasteiger partial charge < -0.3 is 5.32 Å². The minimum absolute atomic E-state index is 0.0283. The Kier molecular flexibility index (Phi) is 8.61. The Morgan fingerprint density at radius 3 is 2.09 bits per heavy atom. The van der Waals surface area contributed by atoms with Crippen molar-refractivity contribution in [3.05, 3.63) is 86.3 Å². The third kappa shape index (κ3) is 7.20. The summed E-state index contributed by atoms with van der Waals surface area (Å²) in [7, 11) is -3.85. The molecule has 168 valence electrons. The van der Waals surface area contributed by atoms with E-state index in [0.29, 0.717) is 31.5 Å². The van der Waals surface area contributed by atoms with Gasteiger partial charge in [-0.25, -0.2) is 8.42 Å². The molecule has 11 heteroatoms. The van der Waals surface area contributed by atoms with Crippen LogP contribution < -0.4 is 10.0 Å². The molecule has 0 unspecified atom stereocenters. The van der Waals surface area contributed by atoms with Crippen molar-refractivity contribution in [1.82, 2.24) is 0 Å². The summed E-state index contributed by atoms with van der Waals surface area (Å²) in [5, 5.41) is 4.31. The highest BCUT2D eigenvalue weighted by Gasteiger charge is 2.15. The first-order chi connectivity index (χ1) is 15.1. The first-order valence-corrected chi connectivity index (χ1v) is 13.2. The molecule has 0 atom stereocenters. The molecular formula is C21H16Cl4N2O3S2. The van der Waals surface area contributed by atoms with Gasteiger partial charge in [-0.2, -0.15) is 0 Å². The predicted molar refractivity (Wildman–Crippen MR) is 135 cm³/mol. The SMILES string of the molecule is O=C(CSCc1ccc(Cl)c(Cl)c1)Nc1ccc(S(=O)(=O)Nc2cc(Cl)cc(Cl)c2)cc1. The number of anilines is 2. The van der Waals surface area contributed by atoms with E-state index >= 15 is 0 Å². The Balaban J connectivity index is 1.55. The fraction of sp³-hybridized carbons (Fsp3) is 0.0952. The Morgan fingerprint density at radius 2 is 1.47 bits per heavy atom. The van der Waals surface area contributed by atoms with Crippen LogP contribution in [0, 0.1) is 0 Å². The molecule has 3 rings (SSSR count). The lowest BCUT2D eigenvalue weighted by Crippen LogP contribution is -2.15. The number of benzene rings is 3. The molecule has 3 aromatic carbocycles. The van der Waals surface area contributed by atoms with Crippen LogP contribution in [0.15, 0.2) is 65.6 Å². The zero-order valence-corrected chi connectivity index (χ0v) is 20.9. The van der Waals surface area contributed by atoms with Crippen LogP contribution in [0.1, 0.15) is 5.56 Å². The van der Waals surface area contributed by atoms with E-state index in [1.54, 1.807) is 12.1 Å². The van der Waals surface area contributed by atoms with Crippen LogP contribution in [0.3, 0.4) is 0 Å². The van der Waals surface area contributed by atoms with Gasteiger partial charge in [0, 0.05) is 21.5 Å². The van der Waals surface area contributed by atoms with E-state index in [1.807, 2.05) is 6.07 Å². The van der Waals surface area contributed by atoms with Gasteiger partial charge in [0.05, 0.1) is 26.4 Å². The lowest BCUT2D eigenvalue weighted by Gasteiger charge is -2.10. The largest absolute Gasteiger partial charge is 0.325 e. The topological polar surface area (TPSA) is 75.3 Å². The van der Waals surface area contributed by atoms with E-state index in [1.165, 1.54) is 54.2 Å². The zero-order chi connectivity index (χ0) is 23.3. The van der Waals surface area contributed by atoms with Crippen LogP contribution in [0.5, 0.6) is 0 Å². The third-order valence-electron chi connectivity index (χ3n) is 4.05. The number of amides is 1. The van der Waals surface area contributed by atoms with Crippen molar-refractivity contribution in [3.63, 3.8) is 0 Å². The molecule has 0 heterocycles. The quantitative estimate of drug-likeness (QED) is 0.318. The minimum atomic E-state index is -3.85. The number of carbonyl (C=O) groups is 1. The second-order valence-electron chi connectivity index (χ2n) is 6.58. The minimum Gasteiger partial charge on any atom is -0.325 e. The molecule has 2 N–H and O–H groups in total. The van der Waals surface area contributed by atoms with Crippen LogP contribution in [0.4, 0.5) is 11.4 Å². The molecule has 0 spiro atoms. The second-order valence-corrected chi connectivity index (χ2v) is 10.9. The molecule has 0 aliphatic rings. The molecule has 0 radical (unpaired) electrons. The van der Waals surface area contributed by atoms with Gasteiger partial charge in [-0.1, -0.05) is 52.5 Å². The summed E-state index contributed by atoms with van der Waals surface area (Å²) < 4.78 is 27.6. The molecular weight excluding hydrogens is 534 g/mol. The Bertz CT molecular complexity index is 1220. The summed E-state index contributed by atoms with van der Waals surface area (Å²) in [6.45, 7) is 0. The first kappa shape index (κ1) is 25.0. The van der Waals surface area contributed by atoms with Gasteiger partial charge in [0.1, 0.15) is 0 Å². The van der Waals surface area contributed by atoms with Gasteiger partial charge in [0.25, 0.3) is 10.0 Å². The number of carbonyl (C=O) groups excluding carboxylic acids is 1. The predicted octanol–water partition coefficient (Wildman–Crippen LogP) is 6.97. The highest BCUT2D eigenvalue weighted by Crippen LogP contribution is 2.26. The third-order valence-corrected chi connectivity index (χ3v) is 7.63. The maximum absolute atomic E-state index is 12.6. The summed E-state index contributed by atoms with van der Waals surface area (Å²) >= 11 is 25.1. The highest BCUT2D eigenvalue weighted by atomic mass is 35.5. The Hall–Kier alpha value is -1.61. The fourth-order valence-electron chi connectivity index (χ4n) is 2.63. The smallest absolute Gasteiger partial charge is 0.261 e. The van der Waals surface area contributed by atoms with E-state index in [9.17, 15) is 13.2 Å².